The SMILES string of the molecule is C=CC(=O)N1CC2(CC(n3cc(C(=O)NC)c(-c4ccc(Oc5ccccc5)cc4)n3)C2)C1. The highest BCUT2D eigenvalue weighted by Crippen LogP contribution is 2.54. The standard InChI is InChI=1S/C26H26N4O3/c1-3-23(31)29-16-26(17-29)13-19(14-26)30-15-22(25(32)27-2)24(28-30)18-9-11-21(12-10-18)33-20-7-5-4-6-8-20/h3-12,15,19H,1,13-14,16-17H2,2H3,(H,27,32). The van der Waals surface area contributed by atoms with Gasteiger partial charge in [0.05, 0.1) is 11.6 Å². The van der Waals surface area contributed by atoms with Crippen LogP contribution in [0.4, 0.5) is 0 Å². The number of rotatable bonds is 6. The van der Waals surface area contributed by atoms with Gasteiger partial charge in [-0.05, 0) is 55.3 Å². The van der Waals surface area contributed by atoms with Crippen molar-refractivity contribution in [1.82, 2.24) is 20.0 Å². The van der Waals surface area contributed by atoms with E-state index in [9.17, 15) is 9.59 Å². The molecule has 0 bridgehead atoms. The summed E-state index contributed by atoms with van der Waals surface area (Å²) in [5.41, 5.74) is 2.23. The van der Waals surface area contributed by atoms with Crippen LogP contribution in [0.5, 0.6) is 11.5 Å². The molecular formula is C26H26N4O3. The molecule has 1 saturated heterocycles. The Morgan fingerprint density at radius 1 is 1.09 bits per heavy atom. The second-order valence-corrected chi connectivity index (χ2v) is 8.85. The zero-order valence-electron chi connectivity index (χ0n) is 18.5. The van der Waals surface area contributed by atoms with Crippen molar-refractivity contribution in [3.8, 4) is 22.8 Å². The summed E-state index contributed by atoms with van der Waals surface area (Å²) >= 11 is 0. The number of nitrogens with one attached hydrogen (secondary N) is 1. The fraction of sp³-hybridized carbons (Fsp3) is 0.269. The average Bonchev–Trinajstić information content (AvgIpc) is 3.22. The topological polar surface area (TPSA) is 76.5 Å². The van der Waals surface area contributed by atoms with Gasteiger partial charge in [-0.25, -0.2) is 0 Å². The van der Waals surface area contributed by atoms with Crippen LogP contribution >= 0.6 is 0 Å². The Morgan fingerprint density at radius 3 is 2.39 bits per heavy atom. The summed E-state index contributed by atoms with van der Waals surface area (Å²) in [6, 6.07) is 17.4. The molecule has 7 heteroatoms. The minimum Gasteiger partial charge on any atom is -0.457 e. The van der Waals surface area contributed by atoms with Crippen LogP contribution < -0.4 is 10.1 Å². The third-order valence-corrected chi connectivity index (χ3v) is 6.56. The zero-order valence-corrected chi connectivity index (χ0v) is 18.5. The first kappa shape index (κ1) is 21.0. The maximum absolute atomic E-state index is 12.6. The lowest BCUT2D eigenvalue weighted by Crippen LogP contribution is -2.63. The Bertz CT molecular complexity index is 1190. The van der Waals surface area contributed by atoms with Gasteiger partial charge >= 0.3 is 0 Å². The number of aromatic nitrogens is 2. The van der Waals surface area contributed by atoms with E-state index in [-0.39, 0.29) is 23.3 Å². The number of carbonyl (C=O) groups excluding carboxylic acids is 2. The second-order valence-electron chi connectivity index (χ2n) is 8.85. The number of likely N-dealkylation sites (tertiary alicyclic amines) is 1. The Hall–Kier alpha value is -3.87. The fourth-order valence-electron chi connectivity index (χ4n) is 4.83. The van der Waals surface area contributed by atoms with E-state index >= 15 is 0 Å². The summed E-state index contributed by atoms with van der Waals surface area (Å²) in [7, 11) is 1.62. The van der Waals surface area contributed by atoms with Crippen molar-refractivity contribution >= 4 is 11.8 Å². The molecule has 5 rings (SSSR count). The molecule has 0 atom stereocenters. The van der Waals surface area contributed by atoms with Crippen molar-refractivity contribution in [2.45, 2.75) is 18.9 Å². The van der Waals surface area contributed by atoms with E-state index in [1.165, 1.54) is 6.08 Å². The van der Waals surface area contributed by atoms with Crippen LogP contribution in [0.3, 0.4) is 0 Å². The van der Waals surface area contributed by atoms with Crippen molar-refractivity contribution in [1.29, 1.82) is 0 Å². The van der Waals surface area contributed by atoms with Gasteiger partial charge in [-0.3, -0.25) is 14.3 Å². The molecule has 1 aliphatic heterocycles. The number of nitrogens with zero attached hydrogens (tertiary/aromatic N) is 3. The Labute approximate surface area is 192 Å². The summed E-state index contributed by atoms with van der Waals surface area (Å²) in [4.78, 5) is 26.1. The van der Waals surface area contributed by atoms with Crippen LogP contribution in [0, 0.1) is 5.41 Å². The van der Waals surface area contributed by atoms with Crippen molar-refractivity contribution in [2.24, 2.45) is 5.41 Å². The predicted molar refractivity (Wildman–Crippen MR) is 125 cm³/mol. The molecule has 2 fully saturated rings. The molecule has 168 valence electrons. The van der Waals surface area contributed by atoms with E-state index in [2.05, 4.69) is 11.9 Å². The van der Waals surface area contributed by atoms with Crippen LogP contribution in [-0.4, -0.2) is 46.6 Å². The molecule has 0 unspecified atom stereocenters. The quantitative estimate of drug-likeness (QED) is 0.585. The van der Waals surface area contributed by atoms with Gasteiger partial charge in [-0.15, -0.1) is 0 Å². The highest BCUT2D eigenvalue weighted by molar-refractivity contribution is 5.99. The molecule has 2 amide bonds. The van der Waals surface area contributed by atoms with Gasteiger partial charge in [0.15, 0.2) is 0 Å². The number of benzene rings is 2. The van der Waals surface area contributed by atoms with Gasteiger partial charge < -0.3 is 15.0 Å². The summed E-state index contributed by atoms with van der Waals surface area (Å²) in [6.45, 7) is 5.10. The molecule has 2 aromatic carbocycles. The molecule has 3 aromatic rings. The summed E-state index contributed by atoms with van der Waals surface area (Å²) in [5.74, 6) is 1.31. The summed E-state index contributed by atoms with van der Waals surface area (Å²) < 4.78 is 7.79. The van der Waals surface area contributed by atoms with Crippen LogP contribution in [0.2, 0.25) is 0 Å². The summed E-state index contributed by atoms with van der Waals surface area (Å²) in [6.07, 6.45) is 5.11. The van der Waals surface area contributed by atoms with E-state index in [1.54, 1.807) is 7.05 Å². The van der Waals surface area contributed by atoms with Gasteiger partial charge in [0, 0.05) is 37.3 Å². The van der Waals surface area contributed by atoms with Crippen molar-refractivity contribution in [2.75, 3.05) is 20.1 Å². The lowest BCUT2D eigenvalue weighted by atomic mass is 9.60. The molecule has 0 radical (unpaired) electrons. The number of carbonyl (C=O) groups is 2. The third-order valence-electron chi connectivity index (χ3n) is 6.56. The lowest BCUT2D eigenvalue weighted by molar-refractivity contribution is -0.149. The molecule has 1 aliphatic carbocycles. The number of hydrogen-bond acceptors (Lipinski definition) is 4. The van der Waals surface area contributed by atoms with Crippen molar-refractivity contribution in [3.05, 3.63) is 79.0 Å². The fourth-order valence-corrected chi connectivity index (χ4v) is 4.83. The van der Waals surface area contributed by atoms with Gasteiger partial charge in [0.1, 0.15) is 17.2 Å². The molecule has 1 N–H and O–H groups in total. The van der Waals surface area contributed by atoms with Crippen LogP contribution in [0.25, 0.3) is 11.3 Å². The number of ether oxygens (including phenoxy) is 1. The van der Waals surface area contributed by atoms with Crippen LogP contribution in [0.15, 0.2) is 73.4 Å². The van der Waals surface area contributed by atoms with Gasteiger partial charge in [0.25, 0.3) is 5.91 Å². The Balaban J connectivity index is 1.32. The second kappa shape index (κ2) is 8.24. The number of para-hydroxylation sites is 1. The van der Waals surface area contributed by atoms with E-state index in [4.69, 9.17) is 9.84 Å². The lowest BCUT2D eigenvalue weighted by Gasteiger charge is -2.58. The normalized spacial score (nSPS) is 16.6. The molecule has 1 saturated carbocycles. The first-order chi connectivity index (χ1) is 16.0. The molecule has 1 spiro atoms. The smallest absolute Gasteiger partial charge is 0.254 e. The number of hydrogen-bond donors (Lipinski definition) is 1. The Morgan fingerprint density at radius 2 is 1.76 bits per heavy atom. The van der Waals surface area contributed by atoms with Gasteiger partial charge in [-0.2, -0.15) is 5.10 Å². The predicted octanol–water partition coefficient (Wildman–Crippen LogP) is 4.05. The minimum absolute atomic E-state index is 0.00737. The van der Waals surface area contributed by atoms with E-state index < -0.39 is 0 Å². The average molecular weight is 443 g/mol. The first-order valence-electron chi connectivity index (χ1n) is 11.1. The van der Waals surface area contributed by atoms with Gasteiger partial charge in [0.2, 0.25) is 5.91 Å². The van der Waals surface area contributed by atoms with E-state index in [1.807, 2.05) is 70.4 Å². The van der Waals surface area contributed by atoms with Crippen LogP contribution in [0.1, 0.15) is 29.2 Å². The maximum Gasteiger partial charge on any atom is 0.254 e. The summed E-state index contributed by atoms with van der Waals surface area (Å²) in [5, 5.41) is 7.51. The molecule has 1 aromatic heterocycles. The highest BCUT2D eigenvalue weighted by atomic mass is 16.5. The van der Waals surface area contributed by atoms with Crippen LogP contribution in [-0.2, 0) is 4.79 Å². The molecule has 2 aliphatic rings. The molecular weight excluding hydrogens is 416 g/mol. The third kappa shape index (κ3) is 3.91. The largest absolute Gasteiger partial charge is 0.457 e. The minimum atomic E-state index is -0.165. The van der Waals surface area contributed by atoms with E-state index in [0.29, 0.717) is 11.3 Å². The molecule has 2 heterocycles. The molecule has 7 nitrogen and oxygen atoms in total. The maximum atomic E-state index is 12.6. The van der Waals surface area contributed by atoms with Gasteiger partial charge in [-0.1, -0.05) is 24.8 Å². The highest BCUT2D eigenvalue weighted by Gasteiger charge is 2.54. The zero-order chi connectivity index (χ0) is 23.0. The number of amides is 2. The van der Waals surface area contributed by atoms with Crippen molar-refractivity contribution < 1.29 is 14.3 Å². The monoisotopic (exact) mass is 442 g/mol. The first-order valence-corrected chi connectivity index (χ1v) is 11.1. The Kier molecular flexibility index (Phi) is 5.24. The molecule has 33 heavy (non-hydrogen) atoms. The van der Waals surface area contributed by atoms with E-state index in [0.717, 1.165) is 43.0 Å². The van der Waals surface area contributed by atoms with Crippen molar-refractivity contribution in [3.63, 3.8) is 0 Å².